The largest absolute Gasteiger partial charge is 0.378 e. The lowest BCUT2D eigenvalue weighted by Gasteiger charge is -2.18. The molecule has 2 atom stereocenters. The predicted molar refractivity (Wildman–Crippen MR) is 95.9 cm³/mol. The molecule has 2 rings (SSSR count). The van der Waals surface area contributed by atoms with Gasteiger partial charge in [-0.1, -0.05) is 44.0 Å². The molecule has 2 aromatic rings. The van der Waals surface area contributed by atoms with Gasteiger partial charge < -0.3 is 4.90 Å². The molecule has 0 spiro atoms. The molecule has 0 aliphatic heterocycles. The molecule has 0 aliphatic carbocycles. The summed E-state index contributed by atoms with van der Waals surface area (Å²) in [7, 11) is 3.96. The van der Waals surface area contributed by atoms with E-state index >= 15 is 0 Å². The molecule has 0 heterocycles. The summed E-state index contributed by atoms with van der Waals surface area (Å²) in [5, 5.41) is 0. The first-order valence-electron chi connectivity index (χ1n) is 6.75. The Morgan fingerprint density at radius 2 is 1.55 bits per heavy atom. The van der Waals surface area contributed by atoms with Gasteiger partial charge >= 0.3 is 0 Å². The minimum atomic E-state index is -0.428. The molecule has 0 N–H and O–H groups in total. The second-order valence-electron chi connectivity index (χ2n) is 5.16. The van der Waals surface area contributed by atoms with Gasteiger partial charge in [0, 0.05) is 25.3 Å². The highest BCUT2D eigenvalue weighted by Crippen LogP contribution is 2.34. The molecule has 0 fully saturated rings. The van der Waals surface area contributed by atoms with Crippen molar-refractivity contribution in [1.29, 1.82) is 0 Å². The van der Waals surface area contributed by atoms with Gasteiger partial charge in [-0.25, -0.2) is 4.39 Å². The highest BCUT2D eigenvalue weighted by Gasteiger charge is 2.26. The van der Waals surface area contributed by atoms with Crippen molar-refractivity contribution >= 4 is 43.3 Å². The predicted octanol–water partition coefficient (Wildman–Crippen LogP) is 4.97. The topological polar surface area (TPSA) is 20.3 Å². The van der Waals surface area contributed by atoms with Crippen LogP contribution in [0, 0.1) is 5.82 Å². The number of hydrogen-bond acceptors (Lipinski definition) is 2. The number of hydrogen-bond donors (Lipinski definition) is 0. The second kappa shape index (κ2) is 7.38. The first kappa shape index (κ1) is 17.2. The van der Waals surface area contributed by atoms with Crippen LogP contribution in [0.5, 0.6) is 0 Å². The number of benzene rings is 2. The fourth-order valence-electron chi connectivity index (χ4n) is 2.03. The Labute approximate surface area is 146 Å². The van der Waals surface area contributed by atoms with Crippen molar-refractivity contribution in [3.05, 3.63) is 65.5 Å². The quantitative estimate of drug-likeness (QED) is 0.494. The number of Topliss-reactive ketones (excluding diaryl/α,β-unsaturated/α-hetero) is 1. The van der Waals surface area contributed by atoms with Gasteiger partial charge in [0.1, 0.15) is 5.82 Å². The van der Waals surface area contributed by atoms with Gasteiger partial charge in [0.25, 0.3) is 0 Å². The Kier molecular flexibility index (Phi) is 5.75. The maximum atomic E-state index is 12.9. The van der Waals surface area contributed by atoms with E-state index in [0.29, 0.717) is 5.56 Å². The number of carbonyl (C=O) groups is 1. The van der Waals surface area contributed by atoms with Crippen molar-refractivity contribution in [2.24, 2.45) is 0 Å². The average molecular weight is 429 g/mol. The van der Waals surface area contributed by atoms with E-state index in [0.717, 1.165) is 11.3 Å². The van der Waals surface area contributed by atoms with Gasteiger partial charge in [-0.15, -0.1) is 0 Å². The highest BCUT2D eigenvalue weighted by molar-refractivity contribution is 9.12. The second-order valence-corrected chi connectivity index (χ2v) is 7.13. The number of nitrogens with zero attached hydrogens (tertiary/aromatic N) is 1. The lowest BCUT2D eigenvalue weighted by molar-refractivity contribution is 0.0991. The molecule has 0 saturated heterocycles. The smallest absolute Gasteiger partial charge is 0.177 e. The van der Waals surface area contributed by atoms with Crippen molar-refractivity contribution in [2.45, 2.75) is 9.65 Å². The van der Waals surface area contributed by atoms with E-state index in [4.69, 9.17) is 0 Å². The molecule has 116 valence electrons. The highest BCUT2D eigenvalue weighted by atomic mass is 79.9. The molecule has 0 amide bonds. The number of ketones is 1. The summed E-state index contributed by atoms with van der Waals surface area (Å²) in [4.78, 5) is 13.9. The fraction of sp³-hybridized carbons (Fsp3) is 0.235. The van der Waals surface area contributed by atoms with Gasteiger partial charge in [-0.05, 0) is 42.0 Å². The summed E-state index contributed by atoms with van der Waals surface area (Å²) < 4.78 is 12.9. The number of anilines is 1. The first-order chi connectivity index (χ1) is 10.4. The third-order valence-electron chi connectivity index (χ3n) is 3.36. The van der Waals surface area contributed by atoms with Crippen LogP contribution in [-0.2, 0) is 0 Å². The summed E-state index contributed by atoms with van der Waals surface area (Å²) in [5.41, 5.74) is 2.58. The lowest BCUT2D eigenvalue weighted by Crippen LogP contribution is -2.19. The number of halogens is 3. The van der Waals surface area contributed by atoms with E-state index in [-0.39, 0.29) is 16.4 Å². The van der Waals surface area contributed by atoms with Crippen molar-refractivity contribution in [1.82, 2.24) is 0 Å². The average Bonchev–Trinajstić information content (AvgIpc) is 2.53. The molecule has 22 heavy (non-hydrogen) atoms. The third kappa shape index (κ3) is 3.96. The summed E-state index contributed by atoms with van der Waals surface area (Å²) in [5.74, 6) is -0.434. The summed E-state index contributed by atoms with van der Waals surface area (Å²) in [6, 6.07) is 13.6. The van der Waals surface area contributed by atoms with Gasteiger partial charge in [-0.2, -0.15) is 0 Å². The normalized spacial score (nSPS) is 13.5. The Morgan fingerprint density at radius 3 is 2.05 bits per heavy atom. The van der Waals surface area contributed by atoms with Crippen LogP contribution < -0.4 is 4.90 Å². The van der Waals surface area contributed by atoms with Crippen LogP contribution in [0.1, 0.15) is 20.7 Å². The van der Waals surface area contributed by atoms with E-state index in [9.17, 15) is 9.18 Å². The number of alkyl halides is 2. The summed E-state index contributed by atoms with van der Waals surface area (Å²) >= 11 is 7.02. The zero-order valence-electron chi connectivity index (χ0n) is 12.3. The van der Waals surface area contributed by atoms with Crippen LogP contribution in [0.3, 0.4) is 0 Å². The lowest BCUT2D eigenvalue weighted by atomic mass is 10.0. The van der Waals surface area contributed by atoms with Crippen LogP contribution in [0.4, 0.5) is 10.1 Å². The van der Waals surface area contributed by atoms with Gasteiger partial charge in [0.05, 0.1) is 9.65 Å². The van der Waals surface area contributed by atoms with Crippen LogP contribution in [0.2, 0.25) is 0 Å². The molecular formula is C17H16Br2FNO. The molecule has 0 aliphatic rings. The standard InChI is InChI=1S/C17H16Br2FNO/c1-21(2)14-9-5-11(6-10-14)15(18)16(19)17(22)12-3-7-13(20)8-4-12/h3-10,15-16H,1-2H3. The minimum Gasteiger partial charge on any atom is -0.378 e. The van der Waals surface area contributed by atoms with Crippen LogP contribution in [0.15, 0.2) is 48.5 Å². The Morgan fingerprint density at radius 1 is 1.00 bits per heavy atom. The van der Waals surface area contributed by atoms with E-state index in [1.807, 2.05) is 43.3 Å². The fourth-order valence-corrected chi connectivity index (χ4v) is 3.15. The molecule has 0 aromatic heterocycles. The van der Waals surface area contributed by atoms with E-state index in [2.05, 4.69) is 31.9 Å². The maximum Gasteiger partial charge on any atom is 0.177 e. The van der Waals surface area contributed by atoms with E-state index in [1.54, 1.807) is 0 Å². The van der Waals surface area contributed by atoms with Crippen LogP contribution >= 0.6 is 31.9 Å². The first-order valence-corrected chi connectivity index (χ1v) is 8.58. The molecule has 0 radical (unpaired) electrons. The summed E-state index contributed by atoms with van der Waals surface area (Å²) in [6.07, 6.45) is 0. The van der Waals surface area contributed by atoms with Crippen molar-refractivity contribution < 1.29 is 9.18 Å². The van der Waals surface area contributed by atoms with Gasteiger partial charge in [-0.3, -0.25) is 4.79 Å². The van der Waals surface area contributed by atoms with E-state index in [1.165, 1.54) is 24.3 Å². The van der Waals surface area contributed by atoms with Gasteiger partial charge in [0.15, 0.2) is 5.78 Å². The third-order valence-corrected chi connectivity index (χ3v) is 6.08. The Hall–Kier alpha value is -1.20. The summed E-state index contributed by atoms with van der Waals surface area (Å²) in [6.45, 7) is 0. The number of rotatable bonds is 5. The molecule has 2 nitrogen and oxygen atoms in total. The number of carbonyl (C=O) groups excluding carboxylic acids is 1. The zero-order valence-corrected chi connectivity index (χ0v) is 15.4. The van der Waals surface area contributed by atoms with Gasteiger partial charge in [0.2, 0.25) is 0 Å². The Balaban J connectivity index is 2.15. The van der Waals surface area contributed by atoms with Crippen molar-refractivity contribution in [3.8, 4) is 0 Å². The van der Waals surface area contributed by atoms with Crippen molar-refractivity contribution in [2.75, 3.05) is 19.0 Å². The zero-order chi connectivity index (χ0) is 16.3. The van der Waals surface area contributed by atoms with E-state index < -0.39 is 4.83 Å². The SMILES string of the molecule is CN(C)c1ccc(C(Br)C(Br)C(=O)c2ccc(F)cc2)cc1. The molecule has 0 saturated carbocycles. The monoisotopic (exact) mass is 427 g/mol. The Bertz CT molecular complexity index is 641. The molecule has 2 unspecified atom stereocenters. The minimum absolute atomic E-state index is 0.0847. The molecule has 5 heteroatoms. The van der Waals surface area contributed by atoms with Crippen LogP contribution in [-0.4, -0.2) is 24.7 Å². The molecule has 0 bridgehead atoms. The molecular weight excluding hydrogens is 413 g/mol. The maximum absolute atomic E-state index is 12.9. The van der Waals surface area contributed by atoms with Crippen LogP contribution in [0.25, 0.3) is 0 Å². The molecule has 2 aromatic carbocycles. The van der Waals surface area contributed by atoms with Crippen molar-refractivity contribution in [3.63, 3.8) is 0 Å².